The molecule has 0 spiro atoms. The number of primary amides is 1. The third kappa shape index (κ3) is 6.38. The summed E-state index contributed by atoms with van der Waals surface area (Å²) in [7, 11) is 1.49. The van der Waals surface area contributed by atoms with Gasteiger partial charge in [0.2, 0.25) is 0 Å². The van der Waals surface area contributed by atoms with E-state index in [1.807, 2.05) is 36.5 Å². The first-order valence-electron chi connectivity index (χ1n) is 9.09. The molecule has 0 unspecified atom stereocenters. The third-order valence-corrected chi connectivity index (χ3v) is 5.40. The Kier molecular flexibility index (Phi) is 8.32. The van der Waals surface area contributed by atoms with E-state index < -0.39 is 11.9 Å². The summed E-state index contributed by atoms with van der Waals surface area (Å²) >= 11 is 0.969. The lowest BCUT2D eigenvalue weighted by Crippen LogP contribution is -2.84. The van der Waals surface area contributed by atoms with Gasteiger partial charge in [0.05, 0.1) is 17.0 Å². The van der Waals surface area contributed by atoms with Crippen molar-refractivity contribution in [2.24, 2.45) is 5.73 Å². The summed E-state index contributed by atoms with van der Waals surface area (Å²) in [5.41, 5.74) is 8.20. The van der Waals surface area contributed by atoms with E-state index in [9.17, 15) is 14.4 Å². The van der Waals surface area contributed by atoms with Crippen molar-refractivity contribution in [2.45, 2.75) is 20.4 Å². The molecule has 2 rings (SSSR count). The quantitative estimate of drug-likeness (QED) is 0.390. The highest BCUT2D eigenvalue weighted by molar-refractivity contribution is 7.18. The van der Waals surface area contributed by atoms with Crippen molar-refractivity contribution in [3.05, 3.63) is 51.4 Å². The Balaban J connectivity index is 2.04. The minimum atomic E-state index is -0.662. The van der Waals surface area contributed by atoms with Gasteiger partial charge in [-0.1, -0.05) is 29.8 Å². The lowest BCUT2D eigenvalue weighted by atomic mass is 10.1. The highest BCUT2D eigenvalue weighted by Crippen LogP contribution is 2.33. The molecule has 8 nitrogen and oxygen atoms in total. The normalized spacial score (nSPS) is 10.6. The fourth-order valence-electron chi connectivity index (χ4n) is 2.64. The number of carbonyl (C=O) groups excluding carboxylic acids is 3. The van der Waals surface area contributed by atoms with Crippen molar-refractivity contribution in [2.75, 3.05) is 32.2 Å². The summed E-state index contributed by atoms with van der Waals surface area (Å²) in [5, 5.41) is 4.81. The fourth-order valence-corrected chi connectivity index (χ4v) is 3.71. The molecule has 0 radical (unpaired) electrons. The number of methoxy groups -OCH3 is 1. The van der Waals surface area contributed by atoms with Gasteiger partial charge in [-0.2, -0.15) is 0 Å². The fraction of sp³-hybridized carbons (Fsp3) is 0.350. The molecule has 1 heterocycles. The summed E-state index contributed by atoms with van der Waals surface area (Å²) < 4.78 is 10.0. The number of esters is 1. The Morgan fingerprint density at radius 1 is 1.14 bits per heavy atom. The van der Waals surface area contributed by atoms with E-state index >= 15 is 0 Å². The molecule has 2 amide bonds. The Morgan fingerprint density at radius 3 is 2.45 bits per heavy atom. The summed E-state index contributed by atoms with van der Waals surface area (Å²) in [6.45, 7) is 4.73. The molecule has 0 saturated carbocycles. The van der Waals surface area contributed by atoms with Gasteiger partial charge in [-0.3, -0.25) is 9.59 Å². The van der Waals surface area contributed by atoms with Gasteiger partial charge in [0.25, 0.3) is 11.8 Å². The highest BCUT2D eigenvalue weighted by atomic mass is 32.1. The van der Waals surface area contributed by atoms with E-state index in [4.69, 9.17) is 15.2 Å². The van der Waals surface area contributed by atoms with Crippen molar-refractivity contribution >= 4 is 34.1 Å². The van der Waals surface area contributed by atoms with Crippen LogP contribution in [0, 0.1) is 13.8 Å². The van der Waals surface area contributed by atoms with Gasteiger partial charge in [-0.05, 0) is 19.4 Å². The molecule has 0 aliphatic heterocycles. The van der Waals surface area contributed by atoms with Crippen molar-refractivity contribution < 1.29 is 29.2 Å². The first-order chi connectivity index (χ1) is 13.8. The van der Waals surface area contributed by atoms with Gasteiger partial charge in [0.15, 0.2) is 6.54 Å². The Bertz CT molecular complexity index is 877. The lowest BCUT2D eigenvalue weighted by Gasteiger charge is -2.08. The van der Waals surface area contributed by atoms with Crippen LogP contribution < -0.4 is 16.4 Å². The number of hydrogen-bond donors (Lipinski definition) is 3. The van der Waals surface area contributed by atoms with E-state index in [2.05, 4.69) is 5.32 Å². The van der Waals surface area contributed by atoms with Crippen LogP contribution in [0.1, 0.15) is 36.7 Å². The minimum Gasteiger partial charge on any atom is -0.460 e. The number of thiophene rings is 1. The molecule has 9 heteroatoms. The molecule has 0 aliphatic carbocycles. The second kappa shape index (κ2) is 10.7. The monoisotopic (exact) mass is 420 g/mol. The van der Waals surface area contributed by atoms with Crippen LogP contribution in [-0.4, -0.2) is 44.7 Å². The number of quaternary nitrogens is 1. The molecular weight excluding hydrogens is 394 g/mol. The first kappa shape index (κ1) is 22.5. The largest absolute Gasteiger partial charge is 0.460 e. The lowest BCUT2D eigenvalue weighted by molar-refractivity contribution is -0.659. The SMILES string of the molecule is COCCOC(=O)c1c(NC(=O)C[NH2+]Cc2ccc(C)cc2)sc(C(N)=O)c1C. The molecule has 1 aromatic heterocycles. The Hall–Kier alpha value is -2.75. The number of anilines is 1. The molecule has 0 bridgehead atoms. The van der Waals surface area contributed by atoms with Crippen molar-refractivity contribution in [1.82, 2.24) is 0 Å². The maximum absolute atomic E-state index is 12.4. The van der Waals surface area contributed by atoms with E-state index in [1.165, 1.54) is 12.7 Å². The van der Waals surface area contributed by atoms with Crippen LogP contribution in [0.2, 0.25) is 0 Å². The van der Waals surface area contributed by atoms with Gasteiger partial charge in [-0.25, -0.2) is 4.79 Å². The Morgan fingerprint density at radius 2 is 1.83 bits per heavy atom. The maximum Gasteiger partial charge on any atom is 0.341 e. The standard InChI is InChI=1S/C20H25N3O5S/c1-12-4-6-14(7-5-12)10-22-11-15(24)23-19-16(20(26)28-9-8-27-3)13(2)17(29-19)18(21)25/h4-7,22H,8-11H2,1-3H3,(H2,21,25)(H,23,24)/p+1. The number of ether oxygens (including phenoxy) is 2. The molecule has 0 aliphatic rings. The van der Waals surface area contributed by atoms with E-state index in [0.717, 1.165) is 16.9 Å². The van der Waals surface area contributed by atoms with Gasteiger partial charge >= 0.3 is 5.97 Å². The molecule has 5 N–H and O–H groups in total. The van der Waals surface area contributed by atoms with Crippen LogP contribution in [0.4, 0.5) is 5.00 Å². The second-order valence-corrected chi connectivity index (χ2v) is 7.50. The summed E-state index contributed by atoms with van der Waals surface area (Å²) in [5.74, 6) is -1.59. The number of amides is 2. The molecule has 0 fully saturated rings. The zero-order valence-electron chi connectivity index (χ0n) is 16.7. The minimum absolute atomic E-state index is 0.0637. The number of aryl methyl sites for hydroxylation is 1. The van der Waals surface area contributed by atoms with Gasteiger partial charge in [-0.15, -0.1) is 11.3 Å². The van der Waals surface area contributed by atoms with Gasteiger partial charge in [0.1, 0.15) is 18.2 Å². The van der Waals surface area contributed by atoms with Crippen molar-refractivity contribution in [3.8, 4) is 0 Å². The van der Waals surface area contributed by atoms with Crippen LogP contribution in [0.5, 0.6) is 0 Å². The molecule has 0 atom stereocenters. The van der Waals surface area contributed by atoms with Crippen LogP contribution in [0.25, 0.3) is 0 Å². The van der Waals surface area contributed by atoms with Crippen LogP contribution in [0.3, 0.4) is 0 Å². The second-order valence-electron chi connectivity index (χ2n) is 6.48. The molecule has 2 aromatic rings. The molecule has 1 aromatic carbocycles. The van der Waals surface area contributed by atoms with E-state index in [1.54, 1.807) is 6.92 Å². The summed E-state index contributed by atoms with van der Waals surface area (Å²) in [4.78, 5) is 36.6. The number of carbonyl (C=O) groups is 3. The Labute approximate surface area is 173 Å². The number of nitrogens with one attached hydrogen (secondary N) is 1. The number of rotatable bonds is 10. The van der Waals surface area contributed by atoms with Crippen LogP contribution in [0.15, 0.2) is 24.3 Å². The van der Waals surface area contributed by atoms with Crippen LogP contribution in [-0.2, 0) is 20.8 Å². The van der Waals surface area contributed by atoms with Gasteiger partial charge in [0, 0.05) is 12.7 Å². The topological polar surface area (TPSA) is 124 Å². The van der Waals surface area contributed by atoms with Gasteiger partial charge < -0.3 is 25.8 Å². The predicted molar refractivity (Wildman–Crippen MR) is 110 cm³/mol. The molecule has 156 valence electrons. The molecule has 29 heavy (non-hydrogen) atoms. The zero-order valence-corrected chi connectivity index (χ0v) is 17.6. The van der Waals surface area contributed by atoms with Crippen LogP contribution >= 0.6 is 11.3 Å². The average Bonchev–Trinajstić information content (AvgIpc) is 2.99. The average molecular weight is 421 g/mol. The summed E-state index contributed by atoms with van der Waals surface area (Å²) in [6, 6.07) is 8.06. The van der Waals surface area contributed by atoms with E-state index in [-0.39, 0.29) is 41.1 Å². The number of benzene rings is 1. The maximum atomic E-state index is 12.4. The zero-order chi connectivity index (χ0) is 21.4. The van der Waals surface area contributed by atoms with Crippen molar-refractivity contribution in [3.63, 3.8) is 0 Å². The van der Waals surface area contributed by atoms with E-state index in [0.29, 0.717) is 12.1 Å². The molecule has 0 saturated heterocycles. The summed E-state index contributed by atoms with van der Waals surface area (Å²) in [6.07, 6.45) is 0. The third-order valence-electron chi connectivity index (χ3n) is 4.18. The molecular formula is C20H26N3O5S+. The first-order valence-corrected chi connectivity index (χ1v) is 9.91. The highest BCUT2D eigenvalue weighted by Gasteiger charge is 2.26. The van der Waals surface area contributed by atoms with Crippen molar-refractivity contribution in [1.29, 1.82) is 0 Å². The number of nitrogens with two attached hydrogens (primary N) is 2. The smallest absolute Gasteiger partial charge is 0.341 e. The number of hydrogen-bond acceptors (Lipinski definition) is 6. The predicted octanol–water partition coefficient (Wildman–Crippen LogP) is 0.969.